The summed E-state index contributed by atoms with van der Waals surface area (Å²) in [6, 6.07) is 17.3. The summed E-state index contributed by atoms with van der Waals surface area (Å²) >= 11 is 0. The average molecular weight is 549 g/mol. The Hall–Kier alpha value is -1.89. The fourth-order valence-corrected chi connectivity index (χ4v) is 4.64. The molecule has 5 nitrogen and oxygen atoms in total. The Morgan fingerprint density at radius 2 is 0.816 bits per heavy atom. The molecule has 0 aromatic heterocycles. The summed E-state index contributed by atoms with van der Waals surface area (Å²) < 4.78 is 38.1. The lowest BCUT2D eigenvalue weighted by Crippen LogP contribution is -1.96. The number of ether oxygens (including phenoxy) is 1. The minimum Gasteiger partial charge on any atom is -0.457 e. The molecule has 38 heavy (non-hydrogen) atoms. The highest BCUT2D eigenvalue weighted by Gasteiger charge is 2.08. The molecule has 0 aliphatic carbocycles. The number of para-hydroxylation sites is 2. The summed E-state index contributed by atoms with van der Waals surface area (Å²) in [6.07, 6.45) is 24.0. The summed E-state index contributed by atoms with van der Waals surface area (Å²) in [5.74, 6) is 2.09. The van der Waals surface area contributed by atoms with Crippen LogP contribution in [0.2, 0.25) is 0 Å². The molecule has 2 aromatic carbocycles. The van der Waals surface area contributed by atoms with Gasteiger partial charge in [-0.2, -0.15) is 8.42 Å². The first-order valence-electron chi connectivity index (χ1n) is 14.9. The lowest BCUT2D eigenvalue weighted by molar-refractivity contribution is 0.381. The molecule has 0 unspecified atom stereocenters. The van der Waals surface area contributed by atoms with Gasteiger partial charge in [0.25, 0.3) is 0 Å². The van der Waals surface area contributed by atoms with Crippen LogP contribution >= 0.6 is 0 Å². The van der Waals surface area contributed by atoms with Crippen LogP contribution in [-0.4, -0.2) is 17.5 Å². The van der Waals surface area contributed by atoms with E-state index >= 15 is 0 Å². The predicted octanol–water partition coefficient (Wildman–Crippen LogP) is 10.2. The van der Waals surface area contributed by atoms with Crippen LogP contribution in [0.1, 0.15) is 128 Å². The third kappa shape index (κ3) is 19.2. The van der Waals surface area contributed by atoms with E-state index in [1.165, 1.54) is 114 Å². The van der Waals surface area contributed by atoms with Crippen LogP contribution in [0.15, 0.2) is 48.5 Å². The number of hydrogen-bond acceptors (Lipinski definition) is 3. The van der Waals surface area contributed by atoms with E-state index in [4.69, 9.17) is 22.3 Å². The molecule has 0 atom stereocenters. The van der Waals surface area contributed by atoms with E-state index < -0.39 is 10.4 Å². The molecule has 0 fully saturated rings. The van der Waals surface area contributed by atoms with Gasteiger partial charge < -0.3 is 4.74 Å². The van der Waals surface area contributed by atoms with Crippen molar-refractivity contribution in [3.63, 3.8) is 0 Å². The maximum atomic E-state index is 8.74. The number of benzene rings is 2. The molecule has 216 valence electrons. The molecule has 2 aromatic rings. The Morgan fingerprint density at radius 1 is 0.526 bits per heavy atom. The lowest BCUT2D eigenvalue weighted by Gasteiger charge is -2.14. The van der Waals surface area contributed by atoms with Crippen molar-refractivity contribution in [3.05, 3.63) is 59.7 Å². The van der Waals surface area contributed by atoms with Crippen molar-refractivity contribution in [1.29, 1.82) is 0 Å². The van der Waals surface area contributed by atoms with E-state index in [1.807, 2.05) is 0 Å². The number of aryl methyl sites for hydroxylation is 2. The molecule has 0 radical (unpaired) electrons. The van der Waals surface area contributed by atoms with Crippen LogP contribution in [0.4, 0.5) is 0 Å². The second kappa shape index (κ2) is 22.0. The zero-order valence-corrected chi connectivity index (χ0v) is 24.7. The highest BCUT2D eigenvalue weighted by atomic mass is 32.3. The van der Waals surface area contributed by atoms with Crippen LogP contribution in [0.5, 0.6) is 11.5 Å². The first-order valence-corrected chi connectivity index (χ1v) is 16.3. The van der Waals surface area contributed by atoms with Gasteiger partial charge in [-0.25, -0.2) is 0 Å². The third-order valence-electron chi connectivity index (χ3n) is 6.76. The Morgan fingerprint density at radius 3 is 1.16 bits per heavy atom. The second-order valence-corrected chi connectivity index (χ2v) is 11.1. The van der Waals surface area contributed by atoms with Crippen molar-refractivity contribution >= 4 is 10.4 Å². The lowest BCUT2D eigenvalue weighted by atomic mass is 10.0. The quantitative estimate of drug-likeness (QED) is 0.127. The highest BCUT2D eigenvalue weighted by Crippen LogP contribution is 2.30. The molecule has 0 amide bonds. The van der Waals surface area contributed by atoms with Crippen molar-refractivity contribution in [3.8, 4) is 11.5 Å². The number of rotatable bonds is 20. The molecule has 0 spiro atoms. The maximum Gasteiger partial charge on any atom is 0.394 e. The zero-order chi connectivity index (χ0) is 27.9. The normalized spacial score (nSPS) is 11.2. The van der Waals surface area contributed by atoms with Gasteiger partial charge >= 0.3 is 10.4 Å². The monoisotopic (exact) mass is 548 g/mol. The first kappa shape index (κ1) is 34.1. The Balaban J connectivity index is 0.00000132. The van der Waals surface area contributed by atoms with Gasteiger partial charge in [-0.3, -0.25) is 9.11 Å². The molecule has 0 aliphatic heterocycles. The predicted molar refractivity (Wildman–Crippen MR) is 160 cm³/mol. The molecule has 2 N–H and O–H groups in total. The van der Waals surface area contributed by atoms with E-state index in [9.17, 15) is 0 Å². The van der Waals surface area contributed by atoms with Gasteiger partial charge in [0.2, 0.25) is 0 Å². The molecule has 6 heteroatoms. The minimum absolute atomic E-state index is 1.05. The summed E-state index contributed by atoms with van der Waals surface area (Å²) in [4.78, 5) is 0. The van der Waals surface area contributed by atoms with Crippen LogP contribution in [0.25, 0.3) is 0 Å². The molecule has 0 saturated carbocycles. The van der Waals surface area contributed by atoms with Crippen molar-refractivity contribution in [1.82, 2.24) is 0 Å². The van der Waals surface area contributed by atoms with E-state index in [0.717, 1.165) is 24.3 Å². The van der Waals surface area contributed by atoms with Crippen molar-refractivity contribution in [2.24, 2.45) is 0 Å². The zero-order valence-electron chi connectivity index (χ0n) is 23.9. The largest absolute Gasteiger partial charge is 0.457 e. The van der Waals surface area contributed by atoms with Gasteiger partial charge in [0, 0.05) is 0 Å². The fourth-order valence-electron chi connectivity index (χ4n) is 4.64. The highest BCUT2D eigenvalue weighted by molar-refractivity contribution is 7.79. The molecular weight excluding hydrogens is 496 g/mol. The molecule has 0 bridgehead atoms. The second-order valence-electron chi connectivity index (χ2n) is 10.2. The topological polar surface area (TPSA) is 83.8 Å². The van der Waals surface area contributed by atoms with Crippen molar-refractivity contribution < 1.29 is 22.3 Å². The fraction of sp³-hybridized carbons (Fsp3) is 0.625. The third-order valence-corrected chi connectivity index (χ3v) is 6.76. The summed E-state index contributed by atoms with van der Waals surface area (Å²) in [5.41, 5.74) is 2.70. The van der Waals surface area contributed by atoms with Gasteiger partial charge in [-0.15, -0.1) is 0 Å². The molecule has 0 aliphatic rings. The molecule has 2 rings (SSSR count). The van der Waals surface area contributed by atoms with E-state index in [2.05, 4.69) is 62.4 Å². The van der Waals surface area contributed by atoms with Gasteiger partial charge in [-0.1, -0.05) is 140 Å². The Labute approximate surface area is 233 Å². The van der Waals surface area contributed by atoms with Crippen LogP contribution in [-0.2, 0) is 23.2 Å². The van der Waals surface area contributed by atoms with E-state index in [0.29, 0.717) is 0 Å². The SMILES string of the molecule is CCCCCCCCCCc1ccccc1Oc1ccccc1CCCCCCCCCC.O=S(=O)(O)O. The number of unbranched alkanes of at least 4 members (excludes halogenated alkanes) is 14. The summed E-state index contributed by atoms with van der Waals surface area (Å²) in [7, 11) is -4.67. The molecule has 0 heterocycles. The van der Waals surface area contributed by atoms with E-state index in [-0.39, 0.29) is 0 Å². The minimum atomic E-state index is -4.67. The maximum absolute atomic E-state index is 8.74. The van der Waals surface area contributed by atoms with Gasteiger partial charge in [0.1, 0.15) is 11.5 Å². The Kier molecular flexibility index (Phi) is 19.7. The molecule has 0 saturated heterocycles. The van der Waals surface area contributed by atoms with Gasteiger partial charge in [-0.05, 0) is 48.9 Å². The van der Waals surface area contributed by atoms with Crippen LogP contribution in [0, 0.1) is 0 Å². The van der Waals surface area contributed by atoms with Gasteiger partial charge in [0.05, 0.1) is 0 Å². The van der Waals surface area contributed by atoms with Gasteiger partial charge in [0.15, 0.2) is 0 Å². The number of hydrogen-bond donors (Lipinski definition) is 2. The van der Waals surface area contributed by atoms with E-state index in [1.54, 1.807) is 0 Å². The van der Waals surface area contributed by atoms with Crippen LogP contribution in [0.3, 0.4) is 0 Å². The van der Waals surface area contributed by atoms with Crippen molar-refractivity contribution in [2.75, 3.05) is 0 Å². The van der Waals surface area contributed by atoms with Crippen LogP contribution < -0.4 is 4.74 Å². The first-order chi connectivity index (χ1) is 18.3. The standard InChI is InChI=1S/C32H50O.H2O4S/c1-3-5-7-9-11-13-15-17-23-29-25-19-21-27-31(29)33-32-28-22-20-26-30(32)24-18-16-14-12-10-8-6-4-2;1-5(2,3)4/h19-22,25-28H,3-18,23-24H2,1-2H3;(H2,1,2,3,4). The summed E-state index contributed by atoms with van der Waals surface area (Å²) in [6.45, 7) is 4.57. The smallest absolute Gasteiger partial charge is 0.394 e. The molecular formula is C32H52O5S. The average Bonchev–Trinajstić information content (AvgIpc) is 2.88. The Bertz CT molecular complexity index is 873. The van der Waals surface area contributed by atoms with Crippen molar-refractivity contribution in [2.45, 2.75) is 129 Å². The summed E-state index contributed by atoms with van der Waals surface area (Å²) in [5, 5.41) is 0.